The van der Waals surface area contributed by atoms with Gasteiger partial charge in [0.15, 0.2) is 0 Å². The minimum Gasteiger partial charge on any atom is -0.313 e. The summed E-state index contributed by atoms with van der Waals surface area (Å²) in [6, 6.07) is 5.52. The van der Waals surface area contributed by atoms with Crippen molar-refractivity contribution in [1.29, 1.82) is 0 Å². The Morgan fingerprint density at radius 3 is 2.67 bits per heavy atom. The molecule has 1 aliphatic heterocycles. The van der Waals surface area contributed by atoms with Crippen molar-refractivity contribution in [3.05, 3.63) is 35.6 Å². The summed E-state index contributed by atoms with van der Waals surface area (Å²) in [7, 11) is 0. The van der Waals surface area contributed by atoms with Crippen molar-refractivity contribution in [2.24, 2.45) is 5.73 Å². The van der Waals surface area contributed by atoms with E-state index < -0.39 is 0 Å². The molecule has 1 saturated heterocycles. The third-order valence-corrected chi connectivity index (χ3v) is 3.31. The van der Waals surface area contributed by atoms with E-state index in [1.807, 2.05) is 0 Å². The molecule has 0 bridgehead atoms. The number of rotatable bonds is 1. The first kappa shape index (κ1) is 10.4. The number of hydrogen-bond acceptors (Lipinski definition) is 3. The van der Waals surface area contributed by atoms with Crippen molar-refractivity contribution in [3.8, 4) is 0 Å². The van der Waals surface area contributed by atoms with E-state index in [0.717, 1.165) is 5.75 Å². The third kappa shape index (κ3) is 2.13. The molecule has 1 unspecified atom stereocenters. The lowest BCUT2D eigenvalue weighted by atomic mass is 10.2. The maximum absolute atomic E-state index is 12.7. The average Bonchev–Trinajstić information content (AvgIpc) is 2.65. The fourth-order valence-corrected chi connectivity index (χ4v) is 2.46. The van der Waals surface area contributed by atoms with Crippen LogP contribution in [0.4, 0.5) is 4.39 Å². The Hall–Kier alpha value is -1.07. The highest BCUT2D eigenvalue weighted by atomic mass is 32.2. The van der Waals surface area contributed by atoms with Crippen LogP contribution in [0.25, 0.3) is 0 Å². The average molecular weight is 226 g/mol. The van der Waals surface area contributed by atoms with Crippen molar-refractivity contribution in [3.63, 3.8) is 0 Å². The van der Waals surface area contributed by atoms with Gasteiger partial charge in [-0.1, -0.05) is 0 Å². The normalized spacial score (nSPS) is 20.7. The van der Waals surface area contributed by atoms with Gasteiger partial charge in [-0.15, -0.1) is 11.8 Å². The van der Waals surface area contributed by atoms with Crippen molar-refractivity contribution in [2.45, 2.75) is 6.17 Å². The van der Waals surface area contributed by atoms with Crippen LogP contribution in [0.1, 0.15) is 10.4 Å². The topological polar surface area (TPSA) is 46.3 Å². The Bertz CT molecular complexity index is 368. The Labute approximate surface area is 91.4 Å². The third-order valence-electron chi connectivity index (χ3n) is 2.27. The highest BCUT2D eigenvalue weighted by Gasteiger charge is 2.26. The number of halogens is 1. The molecule has 1 fully saturated rings. The van der Waals surface area contributed by atoms with E-state index in [4.69, 9.17) is 5.73 Å². The van der Waals surface area contributed by atoms with Crippen molar-refractivity contribution < 1.29 is 9.18 Å². The van der Waals surface area contributed by atoms with Crippen molar-refractivity contribution in [2.75, 3.05) is 11.6 Å². The highest BCUT2D eigenvalue weighted by Crippen LogP contribution is 2.20. The number of carbonyl (C=O) groups excluding carboxylic acids is 1. The zero-order valence-corrected chi connectivity index (χ0v) is 8.84. The second kappa shape index (κ2) is 4.20. The second-order valence-electron chi connectivity index (χ2n) is 3.35. The smallest absolute Gasteiger partial charge is 0.255 e. The minimum atomic E-state index is -0.341. The predicted octanol–water partition coefficient (Wildman–Crippen LogP) is 1.26. The number of nitrogens with two attached hydrogens (primary N) is 1. The molecule has 0 saturated carbocycles. The largest absolute Gasteiger partial charge is 0.313 e. The first-order valence-corrected chi connectivity index (χ1v) is 5.74. The van der Waals surface area contributed by atoms with Crippen LogP contribution in [0.15, 0.2) is 24.3 Å². The van der Waals surface area contributed by atoms with Gasteiger partial charge in [0.25, 0.3) is 5.91 Å². The number of nitrogens with zero attached hydrogens (tertiary/aromatic N) is 1. The van der Waals surface area contributed by atoms with E-state index in [2.05, 4.69) is 0 Å². The maximum Gasteiger partial charge on any atom is 0.255 e. The number of benzene rings is 1. The maximum atomic E-state index is 12.7. The Balaban J connectivity index is 2.17. The second-order valence-corrected chi connectivity index (χ2v) is 4.35. The van der Waals surface area contributed by atoms with Crippen LogP contribution in [-0.4, -0.2) is 28.6 Å². The molecular formula is C10H11FN2OS. The Morgan fingerprint density at radius 1 is 1.47 bits per heavy atom. The van der Waals surface area contributed by atoms with Gasteiger partial charge in [-0.25, -0.2) is 4.39 Å². The number of carbonyl (C=O) groups is 1. The zero-order chi connectivity index (χ0) is 10.8. The van der Waals surface area contributed by atoms with Gasteiger partial charge in [-0.3, -0.25) is 4.79 Å². The SMILES string of the molecule is NC1CSCN1C(=O)c1ccc(F)cc1. The fourth-order valence-electron chi connectivity index (χ4n) is 1.43. The van der Waals surface area contributed by atoms with Crippen LogP contribution < -0.4 is 5.73 Å². The highest BCUT2D eigenvalue weighted by molar-refractivity contribution is 7.99. The Kier molecular flexibility index (Phi) is 2.93. The van der Waals surface area contributed by atoms with Crippen molar-refractivity contribution in [1.82, 2.24) is 4.90 Å². The molecule has 2 rings (SSSR count). The monoisotopic (exact) mass is 226 g/mol. The van der Waals surface area contributed by atoms with Gasteiger partial charge in [0.1, 0.15) is 5.82 Å². The van der Waals surface area contributed by atoms with E-state index in [1.54, 1.807) is 16.7 Å². The number of amides is 1. The van der Waals surface area contributed by atoms with Crippen molar-refractivity contribution >= 4 is 17.7 Å². The molecule has 2 N–H and O–H groups in total. The number of hydrogen-bond donors (Lipinski definition) is 1. The van der Waals surface area contributed by atoms with Crippen LogP contribution in [-0.2, 0) is 0 Å². The van der Waals surface area contributed by atoms with E-state index in [1.165, 1.54) is 24.3 Å². The molecule has 3 nitrogen and oxygen atoms in total. The van der Waals surface area contributed by atoms with Gasteiger partial charge >= 0.3 is 0 Å². The summed E-state index contributed by atoms with van der Waals surface area (Å²) in [6.07, 6.45) is -0.229. The molecule has 0 radical (unpaired) electrons. The van der Waals surface area contributed by atoms with Crippen LogP contribution >= 0.6 is 11.8 Å². The molecule has 1 heterocycles. The molecular weight excluding hydrogens is 215 g/mol. The standard InChI is InChI=1S/C10H11FN2OS/c11-8-3-1-7(2-4-8)10(14)13-6-15-5-9(13)12/h1-4,9H,5-6,12H2. The zero-order valence-electron chi connectivity index (χ0n) is 8.02. The summed E-state index contributed by atoms with van der Waals surface area (Å²) in [6.45, 7) is 0. The molecule has 0 aromatic heterocycles. The first-order chi connectivity index (χ1) is 7.18. The molecule has 0 spiro atoms. The molecule has 1 aromatic rings. The summed E-state index contributed by atoms with van der Waals surface area (Å²) in [5.41, 5.74) is 6.24. The lowest BCUT2D eigenvalue weighted by molar-refractivity contribution is 0.0751. The van der Waals surface area contributed by atoms with Gasteiger partial charge in [0.05, 0.1) is 12.0 Å². The minimum absolute atomic E-state index is 0.132. The molecule has 5 heteroatoms. The van der Waals surface area contributed by atoms with E-state index >= 15 is 0 Å². The van der Waals surface area contributed by atoms with Crippen LogP contribution in [0.2, 0.25) is 0 Å². The molecule has 80 valence electrons. The van der Waals surface area contributed by atoms with Crippen LogP contribution in [0.3, 0.4) is 0 Å². The summed E-state index contributed by atoms with van der Waals surface area (Å²) < 4.78 is 12.7. The van der Waals surface area contributed by atoms with Gasteiger partial charge in [-0.05, 0) is 24.3 Å². The van der Waals surface area contributed by atoms with Gasteiger partial charge < -0.3 is 10.6 Å². The molecule has 1 aromatic carbocycles. The quantitative estimate of drug-likeness (QED) is 0.784. The van der Waals surface area contributed by atoms with Crippen LogP contribution in [0, 0.1) is 5.82 Å². The van der Waals surface area contributed by atoms with Gasteiger partial charge in [0.2, 0.25) is 0 Å². The van der Waals surface area contributed by atoms with E-state index in [9.17, 15) is 9.18 Å². The lowest BCUT2D eigenvalue weighted by Gasteiger charge is -2.19. The fraction of sp³-hybridized carbons (Fsp3) is 0.300. The molecule has 1 amide bonds. The summed E-state index contributed by atoms with van der Waals surface area (Å²) in [5, 5.41) is 0. The molecule has 1 atom stereocenters. The Morgan fingerprint density at radius 2 is 2.13 bits per heavy atom. The van der Waals surface area contributed by atoms with E-state index in [-0.39, 0.29) is 17.9 Å². The number of thioether (sulfide) groups is 1. The summed E-state index contributed by atoms with van der Waals surface area (Å²) in [4.78, 5) is 13.5. The summed E-state index contributed by atoms with van der Waals surface area (Å²) >= 11 is 1.62. The predicted molar refractivity (Wildman–Crippen MR) is 57.9 cm³/mol. The molecule has 0 aliphatic carbocycles. The van der Waals surface area contributed by atoms with Crippen LogP contribution in [0.5, 0.6) is 0 Å². The molecule has 15 heavy (non-hydrogen) atoms. The molecule has 1 aliphatic rings. The van der Waals surface area contributed by atoms with E-state index in [0.29, 0.717) is 11.4 Å². The lowest BCUT2D eigenvalue weighted by Crippen LogP contribution is -2.42. The van der Waals surface area contributed by atoms with Gasteiger partial charge in [-0.2, -0.15) is 0 Å². The summed E-state index contributed by atoms with van der Waals surface area (Å²) in [5.74, 6) is 0.892. The first-order valence-electron chi connectivity index (χ1n) is 4.58. The van der Waals surface area contributed by atoms with Gasteiger partial charge in [0, 0.05) is 11.3 Å².